The second kappa shape index (κ2) is 15.4. The van der Waals surface area contributed by atoms with Crippen molar-refractivity contribution < 1.29 is 24.0 Å². The van der Waals surface area contributed by atoms with Crippen molar-refractivity contribution in [1.82, 2.24) is 35.0 Å². The molecule has 1 atom stereocenters. The van der Waals surface area contributed by atoms with E-state index in [9.17, 15) is 24.0 Å². The average molecular weight is 794 g/mol. The van der Waals surface area contributed by atoms with Crippen LogP contribution in [0.25, 0.3) is 33.5 Å². The Kier molecular flexibility index (Phi) is 9.95. The number of benzene rings is 3. The van der Waals surface area contributed by atoms with Crippen molar-refractivity contribution in [2.75, 3.05) is 69.7 Å². The molecular weight excluding hydrogens is 747 g/mol. The van der Waals surface area contributed by atoms with Gasteiger partial charge in [-0.2, -0.15) is 0 Å². The molecule has 0 aliphatic carbocycles. The minimum atomic E-state index is -0.965. The number of nitrogens with zero attached hydrogens (tertiary/aromatic N) is 7. The molecule has 6 heterocycles. The van der Waals surface area contributed by atoms with Crippen molar-refractivity contribution in [3.05, 3.63) is 95.3 Å². The number of aromatic amines is 1. The molecule has 3 aromatic carbocycles. The fourth-order valence-electron chi connectivity index (χ4n) is 8.99. The van der Waals surface area contributed by atoms with Gasteiger partial charge in [0.15, 0.2) is 5.65 Å². The Hall–Kier alpha value is -6.41. The van der Waals surface area contributed by atoms with E-state index >= 15 is 0 Å². The van der Waals surface area contributed by atoms with Crippen molar-refractivity contribution in [2.24, 2.45) is 5.92 Å². The average Bonchev–Trinajstić information content (AvgIpc) is 3.78. The lowest BCUT2D eigenvalue weighted by molar-refractivity contribution is -0.136. The van der Waals surface area contributed by atoms with Crippen LogP contribution in [-0.2, 0) is 9.59 Å². The highest BCUT2D eigenvalue weighted by Crippen LogP contribution is 2.34. The molecule has 9 rings (SSSR count). The zero-order valence-electron chi connectivity index (χ0n) is 33.5. The van der Waals surface area contributed by atoms with Crippen molar-refractivity contribution in [2.45, 2.75) is 38.6 Å². The van der Waals surface area contributed by atoms with Crippen LogP contribution in [0.3, 0.4) is 0 Å². The predicted molar refractivity (Wildman–Crippen MR) is 224 cm³/mol. The van der Waals surface area contributed by atoms with Crippen molar-refractivity contribution >= 4 is 52.1 Å². The normalized spacial score (nSPS) is 19.1. The first-order valence-corrected chi connectivity index (χ1v) is 20.4. The van der Waals surface area contributed by atoms with Crippen molar-refractivity contribution in [3.8, 4) is 22.4 Å². The van der Waals surface area contributed by atoms with Gasteiger partial charge in [0.05, 0.1) is 23.0 Å². The van der Waals surface area contributed by atoms with Gasteiger partial charge in [-0.3, -0.25) is 39.1 Å². The van der Waals surface area contributed by atoms with Gasteiger partial charge in [0.25, 0.3) is 17.7 Å². The molecule has 14 heteroatoms. The van der Waals surface area contributed by atoms with Crippen molar-refractivity contribution in [3.63, 3.8) is 0 Å². The van der Waals surface area contributed by atoms with Crippen LogP contribution in [0.2, 0.25) is 0 Å². The third-order valence-corrected chi connectivity index (χ3v) is 12.4. The fourth-order valence-corrected chi connectivity index (χ4v) is 8.99. The molecule has 2 aromatic heterocycles. The molecule has 302 valence electrons. The van der Waals surface area contributed by atoms with Crippen LogP contribution in [-0.4, -0.2) is 125 Å². The Balaban J connectivity index is 0.775. The minimum absolute atomic E-state index is 0.0195. The smallest absolute Gasteiger partial charge is 0.262 e. The highest BCUT2D eigenvalue weighted by molar-refractivity contribution is 6.23. The molecule has 59 heavy (non-hydrogen) atoms. The Morgan fingerprint density at radius 1 is 0.780 bits per heavy atom. The van der Waals surface area contributed by atoms with Crippen LogP contribution in [0, 0.1) is 12.8 Å². The number of piperidine rings is 2. The van der Waals surface area contributed by atoms with E-state index in [-0.39, 0.29) is 24.7 Å². The molecular formula is C45H47N9O5. The SMILES string of the molecule is Cc1cc(-c2c[nH]c3ncc(-c4ccc(N5CCN(CC6CCN(c7ccc8c(c7)C(=O)N(C7CCC(=O)NC7=O)C8=O)CC6)CC5)cc4)nc23)ccc1C(=O)N(C)C. The van der Waals surface area contributed by atoms with Gasteiger partial charge in [0, 0.05) is 101 Å². The second-order valence-corrected chi connectivity index (χ2v) is 16.3. The summed E-state index contributed by atoms with van der Waals surface area (Å²) in [6, 6.07) is 18.9. The maximum atomic E-state index is 13.4. The maximum Gasteiger partial charge on any atom is 0.262 e. The molecule has 4 aliphatic heterocycles. The number of carbonyl (C=O) groups is 5. The maximum absolute atomic E-state index is 13.4. The number of amides is 5. The zero-order chi connectivity index (χ0) is 40.9. The van der Waals surface area contributed by atoms with E-state index in [0.29, 0.717) is 28.3 Å². The number of rotatable bonds is 8. The summed E-state index contributed by atoms with van der Waals surface area (Å²) in [6.07, 6.45) is 6.05. The van der Waals surface area contributed by atoms with E-state index in [1.807, 2.05) is 37.4 Å². The van der Waals surface area contributed by atoms with E-state index in [1.165, 1.54) is 5.69 Å². The summed E-state index contributed by atoms with van der Waals surface area (Å²) in [4.78, 5) is 86.0. The predicted octanol–water partition coefficient (Wildman–Crippen LogP) is 4.74. The van der Waals surface area contributed by atoms with Crippen LogP contribution in [0.15, 0.2) is 73.1 Å². The number of aromatic nitrogens is 3. The largest absolute Gasteiger partial charge is 0.371 e. The third-order valence-electron chi connectivity index (χ3n) is 12.4. The van der Waals surface area contributed by atoms with Gasteiger partial charge in [-0.15, -0.1) is 0 Å². The van der Waals surface area contributed by atoms with Crippen LogP contribution >= 0.6 is 0 Å². The first-order valence-electron chi connectivity index (χ1n) is 20.4. The molecule has 0 saturated carbocycles. The number of fused-ring (bicyclic) bond motifs is 2. The number of anilines is 2. The molecule has 14 nitrogen and oxygen atoms in total. The molecule has 0 spiro atoms. The quantitative estimate of drug-likeness (QED) is 0.211. The summed E-state index contributed by atoms with van der Waals surface area (Å²) in [7, 11) is 3.52. The number of nitrogens with one attached hydrogen (secondary N) is 2. The summed E-state index contributed by atoms with van der Waals surface area (Å²) < 4.78 is 0. The van der Waals surface area contributed by atoms with Crippen LogP contribution in [0.4, 0.5) is 11.4 Å². The molecule has 4 aliphatic rings. The minimum Gasteiger partial charge on any atom is -0.371 e. The van der Waals surface area contributed by atoms with E-state index in [4.69, 9.17) is 4.98 Å². The van der Waals surface area contributed by atoms with Gasteiger partial charge in [-0.25, -0.2) is 9.97 Å². The topological polar surface area (TPSA) is 155 Å². The Morgan fingerprint density at radius 3 is 2.19 bits per heavy atom. The molecule has 1 unspecified atom stereocenters. The number of carbonyl (C=O) groups excluding carboxylic acids is 5. The molecule has 5 amide bonds. The summed E-state index contributed by atoms with van der Waals surface area (Å²) in [6.45, 7) is 8.63. The monoisotopic (exact) mass is 793 g/mol. The zero-order valence-corrected chi connectivity index (χ0v) is 33.5. The Bertz CT molecular complexity index is 2500. The van der Waals surface area contributed by atoms with Crippen LogP contribution in [0.5, 0.6) is 0 Å². The van der Waals surface area contributed by atoms with Gasteiger partial charge in [-0.05, 0) is 79.6 Å². The lowest BCUT2D eigenvalue weighted by atomic mass is 9.95. The van der Waals surface area contributed by atoms with E-state index in [1.54, 1.807) is 37.3 Å². The number of hydrogen-bond acceptors (Lipinski definition) is 10. The van der Waals surface area contributed by atoms with E-state index in [2.05, 4.69) is 54.2 Å². The number of piperazine rings is 1. The van der Waals surface area contributed by atoms with Gasteiger partial charge < -0.3 is 19.7 Å². The number of imide groups is 2. The van der Waals surface area contributed by atoms with Gasteiger partial charge in [-0.1, -0.05) is 24.3 Å². The fraction of sp³-hybridized carbons (Fsp3) is 0.356. The molecule has 5 aromatic rings. The van der Waals surface area contributed by atoms with Crippen LogP contribution in [0.1, 0.15) is 62.3 Å². The summed E-state index contributed by atoms with van der Waals surface area (Å²) in [5, 5.41) is 2.25. The lowest BCUT2D eigenvalue weighted by Crippen LogP contribution is -2.54. The number of aryl methyl sites for hydroxylation is 1. The van der Waals surface area contributed by atoms with Crippen molar-refractivity contribution in [1.29, 1.82) is 0 Å². The van der Waals surface area contributed by atoms with Gasteiger partial charge in [0.2, 0.25) is 11.8 Å². The standard InChI is InChI=1S/C45H47N9O5/c1-27-22-30(6-10-33(27)43(57)50(2)3)36-24-46-41-40(36)48-37(25-47-41)29-4-7-31(8-5-29)53-20-18-51(19-21-53)26-28-14-16-52(17-15-28)32-9-11-34-35(23-32)45(59)54(44(34)58)38-12-13-39(55)49-42(38)56/h4-11,22-25,28,38H,12-21,26H2,1-3H3,(H,46,47)(H,49,55,56). The third kappa shape index (κ3) is 7.22. The summed E-state index contributed by atoms with van der Waals surface area (Å²) in [5.41, 5.74) is 9.54. The summed E-state index contributed by atoms with van der Waals surface area (Å²) >= 11 is 0. The van der Waals surface area contributed by atoms with Crippen LogP contribution < -0.4 is 15.1 Å². The van der Waals surface area contributed by atoms with Gasteiger partial charge in [0.1, 0.15) is 11.6 Å². The highest BCUT2D eigenvalue weighted by atomic mass is 16.2. The molecule has 0 bridgehead atoms. The molecule has 3 fully saturated rings. The number of H-pyrrole nitrogens is 1. The Morgan fingerprint density at radius 2 is 1.47 bits per heavy atom. The second-order valence-electron chi connectivity index (χ2n) is 16.3. The Labute approximate surface area is 342 Å². The van der Waals surface area contributed by atoms with E-state index < -0.39 is 23.8 Å². The molecule has 0 radical (unpaired) electrons. The molecule has 3 saturated heterocycles. The highest BCUT2D eigenvalue weighted by Gasteiger charge is 2.45. The molecule has 2 N–H and O–H groups in total. The van der Waals surface area contributed by atoms with Gasteiger partial charge >= 0.3 is 0 Å². The first-order chi connectivity index (χ1) is 28.5. The van der Waals surface area contributed by atoms with E-state index in [0.717, 1.165) is 103 Å². The summed E-state index contributed by atoms with van der Waals surface area (Å²) in [5.74, 6) is -1.38. The first kappa shape index (κ1) is 38.1. The number of hydrogen-bond donors (Lipinski definition) is 2. The lowest BCUT2D eigenvalue weighted by Gasteiger charge is -2.40.